The van der Waals surface area contributed by atoms with E-state index >= 15 is 8.78 Å². The van der Waals surface area contributed by atoms with Gasteiger partial charge in [0.2, 0.25) is 20.0 Å². The first-order valence-electron chi connectivity index (χ1n) is 29.2. The zero-order valence-electron chi connectivity index (χ0n) is 49.7. The van der Waals surface area contributed by atoms with Gasteiger partial charge in [0.25, 0.3) is 11.8 Å². The topological polar surface area (TPSA) is 221 Å². The number of anilines is 2. The van der Waals surface area contributed by atoms with Crippen LogP contribution in [0, 0.1) is 18.6 Å². The van der Waals surface area contributed by atoms with Gasteiger partial charge in [-0.2, -0.15) is 0 Å². The number of amides is 2. The summed E-state index contributed by atoms with van der Waals surface area (Å²) in [6, 6.07) is 33.8. The van der Waals surface area contributed by atoms with Crippen LogP contribution in [0.2, 0.25) is 0 Å². The summed E-state index contributed by atoms with van der Waals surface area (Å²) in [6.07, 6.45) is 7.43. The van der Waals surface area contributed by atoms with E-state index in [1.807, 2.05) is 78.2 Å². The van der Waals surface area contributed by atoms with Crippen LogP contribution in [-0.4, -0.2) is 98.4 Å². The normalized spacial score (nSPS) is 15.2. The van der Waals surface area contributed by atoms with Gasteiger partial charge in [0.15, 0.2) is 0 Å². The fourth-order valence-electron chi connectivity index (χ4n) is 13.2. The number of furan rings is 2. The van der Waals surface area contributed by atoms with Crippen molar-refractivity contribution in [3.63, 3.8) is 0 Å². The molecule has 0 bridgehead atoms. The van der Waals surface area contributed by atoms with E-state index in [4.69, 9.17) is 23.8 Å². The number of nitrogens with zero attached hydrogens (tertiary/aromatic N) is 8. The van der Waals surface area contributed by atoms with Gasteiger partial charge < -0.3 is 28.6 Å². The molecule has 2 unspecified atom stereocenters. The van der Waals surface area contributed by atoms with E-state index in [1.54, 1.807) is 54.9 Å². The first-order chi connectivity index (χ1) is 43.1. The number of hydrogen-bond acceptors (Lipinski definition) is 12. The second-order valence-corrected chi connectivity index (χ2v) is 27.5. The van der Waals surface area contributed by atoms with Crippen molar-refractivity contribution < 1.29 is 44.0 Å². The van der Waals surface area contributed by atoms with Crippen LogP contribution in [0.5, 0.6) is 0 Å². The minimum atomic E-state index is -3.83. The molecule has 3 aliphatic rings. The van der Waals surface area contributed by atoms with E-state index in [2.05, 4.69) is 20.2 Å². The van der Waals surface area contributed by atoms with Gasteiger partial charge in [-0.05, 0) is 134 Å². The number of halogens is 2. The maximum absolute atomic E-state index is 16.7. The number of fused-ring (bicyclic) bond motifs is 12. The Bertz CT molecular complexity index is 5350. The van der Waals surface area contributed by atoms with E-state index in [9.17, 15) is 26.4 Å². The standard InChI is InChI=1S/C68H56F2N10O8S2/c1-34-11-12-37(32-73-34)65-61(67(81)71-2)46-26-45(54(30-59(46)87-65)77(4)89(6,83)84)52-18-14-36-20-22-80-56-24-39(23-49(70)43(56)29-58(80)64(36)76-52)40-25-41(40)50-16-15-38(33-74-50)66-62(68(82)72-3)47-27-44(55(31-60(47)88-66)78(5)90(7,85)86)51-17-13-35-19-21-79-53-10-8-9-48(69)42(53)28-57(79)63(35)75-51/h8-18,23-24,26-33,40-41H,19-22,25H2,1-7H3,(H,71,81)(H,72,82). The maximum atomic E-state index is 16.7. The van der Waals surface area contributed by atoms with E-state index in [0.29, 0.717) is 110 Å². The second-order valence-electron chi connectivity index (χ2n) is 23.5. The minimum absolute atomic E-state index is 0.0489. The molecule has 1 aliphatic carbocycles. The number of rotatable bonds is 12. The summed E-state index contributed by atoms with van der Waals surface area (Å²) in [5.41, 5.74) is 12.8. The van der Waals surface area contributed by atoms with Gasteiger partial charge in [-0.3, -0.25) is 28.2 Å². The summed E-state index contributed by atoms with van der Waals surface area (Å²) in [5.74, 6) is -1.18. The number of carbonyl (C=O) groups excluding carboxylic acids is 2. The highest BCUT2D eigenvalue weighted by Gasteiger charge is 2.42. The predicted octanol–water partition coefficient (Wildman–Crippen LogP) is 12.2. The molecule has 12 aromatic rings. The van der Waals surface area contributed by atoms with Gasteiger partial charge in [-0.15, -0.1) is 0 Å². The molecular weight excluding hydrogens is 1190 g/mol. The molecule has 90 heavy (non-hydrogen) atoms. The SMILES string of the molecule is CNC(=O)c1c(-c2ccc(C3CC3c3cc(F)c4cc5n(c4c3)CCc3ccc(-c4cc6c(C(=O)NC)c(-c7ccc(C)nc7)oc6cc4N(C)S(C)(=O)=O)nc3-5)nc2)oc2cc(N(C)S(C)(=O)=O)c(-c3ccc4c(n3)-c3cc5c(F)cccc5n3CC4)cc12. The molecule has 18 nitrogen and oxygen atoms in total. The zero-order valence-corrected chi connectivity index (χ0v) is 51.4. The fourth-order valence-corrected chi connectivity index (χ4v) is 14.2. The number of aromatic nitrogens is 6. The molecule has 10 heterocycles. The lowest BCUT2D eigenvalue weighted by atomic mass is 9.98. The van der Waals surface area contributed by atoms with Crippen LogP contribution >= 0.6 is 0 Å². The molecule has 15 rings (SSSR count). The van der Waals surface area contributed by atoms with Crippen LogP contribution in [0.25, 0.3) is 112 Å². The van der Waals surface area contributed by atoms with Crippen molar-refractivity contribution >= 4 is 87.0 Å². The summed E-state index contributed by atoms with van der Waals surface area (Å²) < 4.78 is 104. The first-order valence-corrected chi connectivity index (χ1v) is 32.9. The molecule has 0 radical (unpaired) electrons. The predicted molar refractivity (Wildman–Crippen MR) is 343 cm³/mol. The van der Waals surface area contributed by atoms with Crippen LogP contribution < -0.4 is 19.2 Å². The second kappa shape index (κ2) is 20.5. The highest BCUT2D eigenvalue weighted by Crippen LogP contribution is 2.55. The van der Waals surface area contributed by atoms with Crippen molar-refractivity contribution in [2.75, 3.05) is 49.3 Å². The summed E-state index contributed by atoms with van der Waals surface area (Å²) in [6.45, 7) is 3.04. The Morgan fingerprint density at radius 3 is 1.61 bits per heavy atom. The monoisotopic (exact) mass is 1240 g/mol. The molecule has 2 N–H and O–H groups in total. The summed E-state index contributed by atoms with van der Waals surface area (Å²) in [4.78, 5) is 47.4. The Hall–Kier alpha value is -10.1. The van der Waals surface area contributed by atoms with E-state index in [0.717, 1.165) is 60.4 Å². The molecule has 4 aromatic carbocycles. The largest absolute Gasteiger partial charge is 0.455 e. The number of pyridine rings is 4. The molecule has 0 spiro atoms. The van der Waals surface area contributed by atoms with Crippen molar-refractivity contribution in [2.24, 2.45) is 0 Å². The highest BCUT2D eigenvalue weighted by molar-refractivity contribution is 7.92. The van der Waals surface area contributed by atoms with E-state index < -0.39 is 31.9 Å². The Labute approximate surface area is 514 Å². The summed E-state index contributed by atoms with van der Waals surface area (Å²) >= 11 is 0. The molecule has 1 saturated carbocycles. The minimum Gasteiger partial charge on any atom is -0.455 e. The number of benzene rings is 4. The first kappa shape index (κ1) is 56.4. The number of carbonyl (C=O) groups is 2. The fraction of sp³-hybridized carbons (Fsp3) is 0.206. The molecular formula is C68H56F2N10O8S2. The molecule has 0 saturated heterocycles. The number of nitrogens with one attached hydrogen (secondary N) is 2. The van der Waals surface area contributed by atoms with Crippen molar-refractivity contribution in [1.82, 2.24) is 39.7 Å². The van der Waals surface area contributed by atoms with Crippen molar-refractivity contribution in [3.8, 4) is 67.9 Å². The molecule has 2 aliphatic heterocycles. The lowest BCUT2D eigenvalue weighted by Crippen LogP contribution is -2.25. The van der Waals surface area contributed by atoms with E-state index in [1.165, 1.54) is 34.3 Å². The summed E-state index contributed by atoms with van der Waals surface area (Å²) in [7, 11) is -1.71. The molecule has 22 heteroatoms. The van der Waals surface area contributed by atoms with Gasteiger partial charge in [-0.1, -0.05) is 18.2 Å². The van der Waals surface area contributed by atoms with Crippen LogP contribution in [0.4, 0.5) is 20.2 Å². The van der Waals surface area contributed by atoms with Gasteiger partial charge in [0, 0.05) is 127 Å². The third-order valence-electron chi connectivity index (χ3n) is 18.1. The maximum Gasteiger partial charge on any atom is 0.255 e. The van der Waals surface area contributed by atoms with Crippen LogP contribution in [-0.2, 0) is 46.0 Å². The van der Waals surface area contributed by atoms with Gasteiger partial charge in [0.1, 0.15) is 34.3 Å². The quantitative estimate of drug-likeness (QED) is 0.117. The smallest absolute Gasteiger partial charge is 0.255 e. The molecule has 2 amide bonds. The Morgan fingerprint density at radius 1 is 0.589 bits per heavy atom. The number of aryl methyl sites for hydroxylation is 5. The van der Waals surface area contributed by atoms with Crippen molar-refractivity contribution in [2.45, 2.75) is 51.1 Å². The van der Waals surface area contributed by atoms with Gasteiger partial charge in [-0.25, -0.2) is 35.6 Å². The number of sulfonamides is 2. The average Bonchev–Trinajstić information content (AvgIpc) is 1.56. The molecule has 452 valence electrons. The third kappa shape index (κ3) is 9.04. The van der Waals surface area contributed by atoms with Crippen LogP contribution in [0.3, 0.4) is 0 Å². The lowest BCUT2D eigenvalue weighted by molar-refractivity contribution is 0.0956. The van der Waals surface area contributed by atoms with Gasteiger partial charge in [0.05, 0.1) is 80.2 Å². The average molecular weight is 1240 g/mol. The number of hydrogen-bond donors (Lipinski definition) is 2. The Balaban J connectivity index is 0.754. The third-order valence-corrected chi connectivity index (χ3v) is 20.5. The van der Waals surface area contributed by atoms with Crippen LogP contribution in [0.15, 0.2) is 136 Å². The molecule has 1 fully saturated rings. The Kier molecular flexibility index (Phi) is 12.9. The zero-order chi connectivity index (χ0) is 62.6. The molecule has 8 aromatic heterocycles. The Morgan fingerprint density at radius 2 is 1.11 bits per heavy atom. The van der Waals surface area contributed by atoms with Crippen LogP contribution in [0.1, 0.15) is 67.1 Å². The summed E-state index contributed by atoms with van der Waals surface area (Å²) in [5, 5.41) is 7.25. The van der Waals surface area contributed by atoms with Crippen molar-refractivity contribution in [3.05, 3.63) is 178 Å². The van der Waals surface area contributed by atoms with E-state index in [-0.39, 0.29) is 68.7 Å². The molecule has 2 atom stereocenters. The highest BCUT2D eigenvalue weighted by atomic mass is 32.2. The lowest BCUT2D eigenvalue weighted by Gasteiger charge is -2.23. The van der Waals surface area contributed by atoms with Crippen molar-refractivity contribution in [1.29, 1.82) is 0 Å². The van der Waals surface area contributed by atoms with Gasteiger partial charge >= 0.3 is 0 Å².